The summed E-state index contributed by atoms with van der Waals surface area (Å²) in [4.78, 5) is 23.8. The zero-order valence-electron chi connectivity index (χ0n) is 17.6. The lowest BCUT2D eigenvalue weighted by molar-refractivity contribution is -0.137. The monoisotopic (exact) mass is 453 g/mol. The molecule has 3 aromatic rings. The summed E-state index contributed by atoms with van der Waals surface area (Å²) in [5.74, 6) is -0.844. The Morgan fingerprint density at radius 3 is 2.28 bits per heavy atom. The van der Waals surface area contributed by atoms with E-state index in [0.717, 1.165) is 17.5 Å². The Hall–Kier alpha value is -3.51. The first-order chi connectivity index (χ1) is 15.5. The molecule has 0 aliphatic heterocycles. The second kappa shape index (κ2) is 11.2. The number of benzene rings is 3. The van der Waals surface area contributed by atoms with Crippen molar-refractivity contribution >= 4 is 29.2 Å². The van der Waals surface area contributed by atoms with E-state index in [4.69, 9.17) is 21.1 Å². The van der Waals surface area contributed by atoms with Crippen LogP contribution in [0.15, 0.2) is 72.8 Å². The van der Waals surface area contributed by atoms with Crippen molar-refractivity contribution in [2.45, 2.75) is 18.9 Å². The number of para-hydroxylation sites is 1. The van der Waals surface area contributed by atoms with Crippen LogP contribution in [0.1, 0.15) is 21.5 Å². The molecule has 0 heterocycles. The van der Waals surface area contributed by atoms with E-state index in [0.29, 0.717) is 23.1 Å². The maximum atomic E-state index is 11.9. The van der Waals surface area contributed by atoms with E-state index >= 15 is 0 Å². The molecule has 0 aromatic heterocycles. The highest BCUT2D eigenvalue weighted by atomic mass is 35.5. The Balaban J connectivity index is 1.59. The Kier molecular flexibility index (Phi) is 8.11. The fourth-order valence-corrected chi connectivity index (χ4v) is 3.31. The van der Waals surface area contributed by atoms with Crippen molar-refractivity contribution in [3.05, 3.63) is 94.5 Å². The predicted molar refractivity (Wildman–Crippen MR) is 124 cm³/mol. The number of carboxylic acids is 1. The largest absolute Gasteiger partial charge is 0.493 e. The minimum atomic E-state index is -1.02. The van der Waals surface area contributed by atoms with E-state index in [1.54, 1.807) is 24.3 Å². The van der Waals surface area contributed by atoms with Gasteiger partial charge in [0.2, 0.25) is 0 Å². The van der Waals surface area contributed by atoms with Gasteiger partial charge in [0, 0.05) is 23.6 Å². The van der Waals surface area contributed by atoms with Crippen molar-refractivity contribution in [3.63, 3.8) is 0 Å². The van der Waals surface area contributed by atoms with Gasteiger partial charge in [-0.05, 0) is 47.5 Å². The van der Waals surface area contributed by atoms with Gasteiger partial charge in [-0.15, -0.1) is 0 Å². The minimum Gasteiger partial charge on any atom is -0.493 e. The van der Waals surface area contributed by atoms with Crippen molar-refractivity contribution in [3.8, 4) is 5.75 Å². The van der Waals surface area contributed by atoms with Gasteiger partial charge in [-0.1, -0.05) is 48.0 Å². The van der Waals surface area contributed by atoms with E-state index in [1.807, 2.05) is 48.5 Å². The lowest BCUT2D eigenvalue weighted by Crippen LogP contribution is -2.32. The molecule has 0 aliphatic carbocycles. The molecule has 0 amide bonds. The van der Waals surface area contributed by atoms with Crippen LogP contribution in [0.5, 0.6) is 5.75 Å². The van der Waals surface area contributed by atoms with Crippen molar-refractivity contribution < 1.29 is 24.2 Å². The highest BCUT2D eigenvalue weighted by Crippen LogP contribution is 2.20. The number of hydrogen-bond donors (Lipinski definition) is 2. The van der Waals surface area contributed by atoms with Gasteiger partial charge in [-0.25, -0.2) is 9.59 Å². The molecule has 0 aliphatic rings. The Labute approximate surface area is 191 Å². The van der Waals surface area contributed by atoms with Crippen LogP contribution in [-0.2, 0) is 22.4 Å². The van der Waals surface area contributed by atoms with Crippen LogP contribution < -0.4 is 10.1 Å². The second-order valence-electron chi connectivity index (χ2n) is 7.15. The summed E-state index contributed by atoms with van der Waals surface area (Å²) < 4.78 is 10.6. The number of rotatable bonds is 10. The van der Waals surface area contributed by atoms with Crippen LogP contribution in [0.3, 0.4) is 0 Å². The van der Waals surface area contributed by atoms with Crippen LogP contribution in [0.4, 0.5) is 5.69 Å². The number of methoxy groups -OCH3 is 1. The molecule has 0 fully saturated rings. The molecule has 6 nitrogen and oxygen atoms in total. The topological polar surface area (TPSA) is 84.9 Å². The summed E-state index contributed by atoms with van der Waals surface area (Å²) in [5, 5.41) is 13.3. The van der Waals surface area contributed by atoms with E-state index in [1.165, 1.54) is 7.11 Å². The fourth-order valence-electron chi connectivity index (χ4n) is 3.18. The number of anilines is 1. The minimum absolute atomic E-state index is 0.232. The predicted octanol–water partition coefficient (Wildman–Crippen LogP) is 4.86. The smallest absolute Gasteiger partial charge is 0.339 e. The normalized spacial score (nSPS) is 11.4. The Bertz CT molecular complexity index is 1050. The third kappa shape index (κ3) is 6.49. The average molecular weight is 454 g/mol. The van der Waals surface area contributed by atoms with Gasteiger partial charge in [0.05, 0.1) is 19.3 Å². The fraction of sp³-hybridized carbons (Fsp3) is 0.200. The standard InChI is InChI=1S/C25H24ClNO5/c1-31-25(30)21-4-2-3-5-22(21)27-23(24(28)29)16-18-8-12-20(13-9-18)32-15-14-17-6-10-19(26)11-7-17/h2-13,23,27H,14-16H2,1H3,(H,28,29). The number of nitrogens with one attached hydrogen (secondary N) is 1. The third-order valence-corrected chi connectivity index (χ3v) is 5.15. The molecule has 3 rings (SSSR count). The molecule has 166 valence electrons. The van der Waals surface area contributed by atoms with Gasteiger partial charge in [0.25, 0.3) is 0 Å². The summed E-state index contributed by atoms with van der Waals surface area (Å²) in [6, 6.07) is 20.7. The highest BCUT2D eigenvalue weighted by molar-refractivity contribution is 6.30. The number of esters is 1. The first-order valence-corrected chi connectivity index (χ1v) is 10.5. The maximum absolute atomic E-state index is 11.9. The van der Waals surface area contributed by atoms with Crippen LogP contribution in [-0.4, -0.2) is 36.8 Å². The summed E-state index contributed by atoms with van der Waals surface area (Å²) in [6.07, 6.45) is 0.986. The number of carbonyl (C=O) groups is 2. The van der Waals surface area contributed by atoms with Gasteiger partial charge in [-0.2, -0.15) is 0 Å². The first kappa shape index (κ1) is 23.2. The van der Waals surface area contributed by atoms with Gasteiger partial charge >= 0.3 is 11.9 Å². The Morgan fingerprint density at radius 2 is 1.62 bits per heavy atom. The molecule has 0 spiro atoms. The van der Waals surface area contributed by atoms with Crippen LogP contribution in [0.25, 0.3) is 0 Å². The third-order valence-electron chi connectivity index (χ3n) is 4.90. The van der Waals surface area contributed by atoms with Crippen LogP contribution in [0.2, 0.25) is 5.02 Å². The van der Waals surface area contributed by atoms with Crippen molar-refractivity contribution in [2.24, 2.45) is 0 Å². The second-order valence-corrected chi connectivity index (χ2v) is 7.58. The van der Waals surface area contributed by atoms with Crippen molar-refractivity contribution in [1.29, 1.82) is 0 Å². The molecule has 3 aromatic carbocycles. The highest BCUT2D eigenvalue weighted by Gasteiger charge is 2.21. The summed E-state index contributed by atoms with van der Waals surface area (Å²) in [6.45, 7) is 0.518. The number of halogens is 1. The van der Waals surface area contributed by atoms with Crippen molar-refractivity contribution in [1.82, 2.24) is 0 Å². The molecule has 2 N–H and O–H groups in total. The SMILES string of the molecule is COC(=O)c1ccccc1NC(Cc1ccc(OCCc2ccc(Cl)cc2)cc1)C(=O)O. The maximum Gasteiger partial charge on any atom is 0.339 e. The number of ether oxygens (including phenoxy) is 2. The zero-order chi connectivity index (χ0) is 22.9. The molecule has 32 heavy (non-hydrogen) atoms. The molecular weight excluding hydrogens is 430 g/mol. The molecule has 0 radical (unpaired) electrons. The van der Waals surface area contributed by atoms with E-state index in [9.17, 15) is 14.7 Å². The lowest BCUT2D eigenvalue weighted by atomic mass is 10.0. The van der Waals surface area contributed by atoms with Gasteiger partial charge < -0.3 is 19.9 Å². The van der Waals surface area contributed by atoms with Gasteiger partial charge in [0.15, 0.2) is 0 Å². The van der Waals surface area contributed by atoms with Crippen LogP contribution in [0, 0.1) is 0 Å². The summed E-state index contributed by atoms with van der Waals surface area (Å²) >= 11 is 5.89. The number of aliphatic carboxylic acids is 1. The molecule has 7 heteroatoms. The van der Waals surface area contributed by atoms with Gasteiger partial charge in [0.1, 0.15) is 11.8 Å². The lowest BCUT2D eigenvalue weighted by Gasteiger charge is -2.18. The first-order valence-electron chi connectivity index (χ1n) is 10.1. The molecule has 0 saturated carbocycles. The molecule has 0 bridgehead atoms. The number of carbonyl (C=O) groups excluding carboxylic acids is 1. The quantitative estimate of drug-likeness (QED) is 0.426. The molecular formula is C25H24ClNO5. The van der Waals surface area contributed by atoms with E-state index < -0.39 is 18.0 Å². The number of carboxylic acid groups (broad SMARTS) is 1. The van der Waals surface area contributed by atoms with Gasteiger partial charge in [-0.3, -0.25) is 0 Å². The molecule has 0 saturated heterocycles. The van der Waals surface area contributed by atoms with E-state index in [2.05, 4.69) is 5.32 Å². The summed E-state index contributed by atoms with van der Waals surface area (Å²) in [7, 11) is 1.28. The number of hydrogen-bond acceptors (Lipinski definition) is 5. The Morgan fingerprint density at radius 1 is 0.969 bits per heavy atom. The van der Waals surface area contributed by atoms with Crippen LogP contribution >= 0.6 is 11.6 Å². The summed E-state index contributed by atoms with van der Waals surface area (Å²) in [5.41, 5.74) is 2.65. The van der Waals surface area contributed by atoms with E-state index in [-0.39, 0.29) is 12.0 Å². The average Bonchev–Trinajstić information content (AvgIpc) is 2.80. The van der Waals surface area contributed by atoms with Crippen molar-refractivity contribution in [2.75, 3.05) is 19.0 Å². The molecule has 1 atom stereocenters. The zero-order valence-corrected chi connectivity index (χ0v) is 18.3. The molecule has 1 unspecified atom stereocenters.